The molecule has 0 aromatic carbocycles. The van der Waals surface area contributed by atoms with Crippen LogP contribution in [0.25, 0.3) is 0 Å². The topological polar surface area (TPSA) is 54.0 Å². The molecule has 1 rings (SSSR count). The van der Waals surface area contributed by atoms with Crippen molar-refractivity contribution in [2.24, 2.45) is 0 Å². The number of carbonyl (C=O) groups is 1. The molecule has 1 aromatic rings. The third-order valence-electron chi connectivity index (χ3n) is 2.77. The van der Waals surface area contributed by atoms with Gasteiger partial charge < -0.3 is 10.6 Å². The average molecular weight is 303 g/mol. The Morgan fingerprint density at radius 3 is 2.67 bits per heavy atom. The number of halogens is 3. The number of aromatic nitrogens is 1. The van der Waals surface area contributed by atoms with Gasteiger partial charge in [-0.15, -0.1) is 0 Å². The van der Waals surface area contributed by atoms with Crippen LogP contribution in [0.1, 0.15) is 42.2 Å². The van der Waals surface area contributed by atoms with Crippen LogP contribution in [0.4, 0.5) is 18.9 Å². The number of anilines is 1. The molecule has 0 saturated carbocycles. The summed E-state index contributed by atoms with van der Waals surface area (Å²) in [5.74, 6) is -0.414. The van der Waals surface area contributed by atoms with Crippen molar-refractivity contribution in [2.75, 3.05) is 18.4 Å². The molecule has 0 aliphatic rings. The molecule has 1 aromatic heterocycles. The second-order valence-corrected chi connectivity index (χ2v) is 4.77. The SMILES string of the molecule is CCCNc1cc(C)ncc1C(=O)NCCCC(F)(F)F. The van der Waals surface area contributed by atoms with Gasteiger partial charge in [0.2, 0.25) is 0 Å². The summed E-state index contributed by atoms with van der Waals surface area (Å²) >= 11 is 0. The molecule has 1 amide bonds. The first kappa shape index (κ1) is 17.3. The molecule has 118 valence electrons. The number of aryl methyl sites for hydroxylation is 1. The number of alkyl halides is 3. The highest BCUT2D eigenvalue weighted by molar-refractivity contribution is 5.99. The lowest BCUT2D eigenvalue weighted by Gasteiger charge is -2.12. The van der Waals surface area contributed by atoms with Crippen molar-refractivity contribution in [1.29, 1.82) is 0 Å². The lowest BCUT2D eigenvalue weighted by Crippen LogP contribution is -2.26. The van der Waals surface area contributed by atoms with Gasteiger partial charge in [0.25, 0.3) is 5.91 Å². The van der Waals surface area contributed by atoms with Crippen LogP contribution in [0.15, 0.2) is 12.3 Å². The number of nitrogens with one attached hydrogen (secondary N) is 2. The highest BCUT2D eigenvalue weighted by Gasteiger charge is 2.26. The summed E-state index contributed by atoms with van der Waals surface area (Å²) in [7, 11) is 0. The Morgan fingerprint density at radius 1 is 1.33 bits per heavy atom. The van der Waals surface area contributed by atoms with E-state index < -0.39 is 18.5 Å². The van der Waals surface area contributed by atoms with Gasteiger partial charge in [0.1, 0.15) is 0 Å². The van der Waals surface area contributed by atoms with Crippen LogP contribution in [0.2, 0.25) is 0 Å². The minimum absolute atomic E-state index is 0.0144. The second-order valence-electron chi connectivity index (χ2n) is 4.77. The van der Waals surface area contributed by atoms with Crippen molar-refractivity contribution < 1.29 is 18.0 Å². The monoisotopic (exact) mass is 303 g/mol. The molecule has 0 aliphatic carbocycles. The van der Waals surface area contributed by atoms with Crippen molar-refractivity contribution in [3.8, 4) is 0 Å². The Morgan fingerprint density at radius 2 is 2.05 bits per heavy atom. The highest BCUT2D eigenvalue weighted by atomic mass is 19.4. The van der Waals surface area contributed by atoms with Crippen molar-refractivity contribution >= 4 is 11.6 Å². The summed E-state index contributed by atoms with van der Waals surface area (Å²) in [5, 5.41) is 5.61. The number of hydrogen-bond donors (Lipinski definition) is 2. The number of nitrogens with zero attached hydrogens (tertiary/aromatic N) is 1. The molecule has 4 nitrogen and oxygen atoms in total. The maximum Gasteiger partial charge on any atom is 0.389 e. The first-order valence-corrected chi connectivity index (χ1v) is 6.89. The smallest absolute Gasteiger partial charge is 0.384 e. The zero-order valence-electron chi connectivity index (χ0n) is 12.2. The maximum absolute atomic E-state index is 12.0. The maximum atomic E-state index is 12.0. The first-order chi connectivity index (χ1) is 9.83. The van der Waals surface area contributed by atoms with E-state index in [4.69, 9.17) is 0 Å². The molecule has 0 bridgehead atoms. The van der Waals surface area contributed by atoms with Gasteiger partial charge in [-0.1, -0.05) is 6.92 Å². The lowest BCUT2D eigenvalue weighted by molar-refractivity contribution is -0.135. The van der Waals surface area contributed by atoms with Crippen molar-refractivity contribution in [2.45, 2.75) is 39.3 Å². The second kappa shape index (κ2) is 7.85. The van der Waals surface area contributed by atoms with Gasteiger partial charge in [-0.2, -0.15) is 13.2 Å². The number of amides is 1. The normalized spacial score (nSPS) is 11.3. The molecule has 0 spiro atoms. The van der Waals surface area contributed by atoms with E-state index >= 15 is 0 Å². The molecule has 0 unspecified atom stereocenters. The van der Waals surface area contributed by atoms with Crippen LogP contribution in [0.3, 0.4) is 0 Å². The standard InChI is InChI=1S/C14H20F3N3O/c1-3-6-18-12-8-10(2)20-9-11(12)13(21)19-7-4-5-14(15,16)17/h8-9H,3-7H2,1-2H3,(H,18,20)(H,19,21). The lowest BCUT2D eigenvalue weighted by atomic mass is 10.2. The Balaban J connectivity index is 2.60. The summed E-state index contributed by atoms with van der Waals surface area (Å²) in [6.07, 6.45) is -2.89. The fourth-order valence-corrected chi connectivity index (χ4v) is 1.73. The van der Waals surface area contributed by atoms with E-state index in [1.54, 1.807) is 6.07 Å². The summed E-state index contributed by atoms with van der Waals surface area (Å²) in [6, 6.07) is 1.75. The summed E-state index contributed by atoms with van der Waals surface area (Å²) in [6.45, 7) is 4.50. The summed E-state index contributed by atoms with van der Waals surface area (Å²) in [5.41, 5.74) is 1.76. The minimum atomic E-state index is -4.19. The first-order valence-electron chi connectivity index (χ1n) is 6.89. The molecule has 0 atom stereocenters. The van der Waals surface area contributed by atoms with Crippen LogP contribution in [0.5, 0.6) is 0 Å². The van der Waals surface area contributed by atoms with Gasteiger partial charge in [0, 0.05) is 31.4 Å². The fourth-order valence-electron chi connectivity index (χ4n) is 1.73. The predicted molar refractivity (Wildman–Crippen MR) is 75.4 cm³/mol. The Kier molecular flexibility index (Phi) is 6.45. The zero-order chi connectivity index (χ0) is 15.9. The molecule has 2 N–H and O–H groups in total. The van der Waals surface area contributed by atoms with E-state index in [0.717, 1.165) is 12.1 Å². The number of hydrogen-bond acceptors (Lipinski definition) is 3. The molecule has 0 aliphatic heterocycles. The Bertz CT molecular complexity index is 475. The van der Waals surface area contributed by atoms with Crippen molar-refractivity contribution in [3.63, 3.8) is 0 Å². The van der Waals surface area contributed by atoms with Crippen LogP contribution >= 0.6 is 0 Å². The van der Waals surface area contributed by atoms with Gasteiger partial charge in [-0.3, -0.25) is 9.78 Å². The van der Waals surface area contributed by atoms with Gasteiger partial charge in [0.15, 0.2) is 0 Å². The van der Waals surface area contributed by atoms with E-state index in [9.17, 15) is 18.0 Å². The van der Waals surface area contributed by atoms with Crippen LogP contribution in [0, 0.1) is 6.92 Å². The predicted octanol–water partition coefficient (Wildman–Crippen LogP) is 3.28. The van der Waals surface area contributed by atoms with Crippen LogP contribution in [-0.2, 0) is 0 Å². The average Bonchev–Trinajstić information content (AvgIpc) is 2.40. The van der Waals surface area contributed by atoms with Crippen molar-refractivity contribution in [1.82, 2.24) is 10.3 Å². The van der Waals surface area contributed by atoms with E-state index in [1.165, 1.54) is 6.20 Å². The van der Waals surface area contributed by atoms with E-state index in [0.29, 0.717) is 17.8 Å². The molecular formula is C14H20F3N3O. The third-order valence-corrected chi connectivity index (χ3v) is 2.77. The number of carbonyl (C=O) groups excluding carboxylic acids is 1. The van der Waals surface area contributed by atoms with Gasteiger partial charge >= 0.3 is 6.18 Å². The Labute approximate surface area is 122 Å². The molecular weight excluding hydrogens is 283 g/mol. The van der Waals surface area contributed by atoms with Crippen LogP contribution < -0.4 is 10.6 Å². The van der Waals surface area contributed by atoms with Crippen LogP contribution in [-0.4, -0.2) is 30.2 Å². The number of pyridine rings is 1. The summed E-state index contributed by atoms with van der Waals surface area (Å²) < 4.78 is 36.1. The largest absolute Gasteiger partial charge is 0.389 e. The van der Waals surface area contributed by atoms with E-state index in [2.05, 4.69) is 15.6 Å². The van der Waals surface area contributed by atoms with Gasteiger partial charge in [-0.25, -0.2) is 0 Å². The van der Waals surface area contributed by atoms with Gasteiger partial charge in [-0.05, 0) is 25.8 Å². The quantitative estimate of drug-likeness (QED) is 0.760. The molecule has 0 radical (unpaired) electrons. The molecule has 21 heavy (non-hydrogen) atoms. The number of rotatable bonds is 7. The summed E-state index contributed by atoms with van der Waals surface area (Å²) in [4.78, 5) is 16.0. The van der Waals surface area contributed by atoms with Gasteiger partial charge in [0.05, 0.1) is 11.3 Å². The Hall–Kier alpha value is -1.79. The minimum Gasteiger partial charge on any atom is -0.384 e. The molecule has 1 heterocycles. The fraction of sp³-hybridized carbons (Fsp3) is 0.571. The third kappa shape index (κ3) is 6.46. The molecule has 0 fully saturated rings. The zero-order valence-corrected chi connectivity index (χ0v) is 12.2. The van der Waals surface area contributed by atoms with Crippen molar-refractivity contribution in [3.05, 3.63) is 23.5 Å². The van der Waals surface area contributed by atoms with E-state index in [-0.39, 0.29) is 13.0 Å². The molecule has 0 saturated heterocycles. The molecule has 7 heteroatoms. The highest BCUT2D eigenvalue weighted by Crippen LogP contribution is 2.21. The van der Waals surface area contributed by atoms with E-state index in [1.807, 2.05) is 13.8 Å².